The highest BCUT2D eigenvalue weighted by Crippen LogP contribution is 2.26. The largest absolute Gasteiger partial charge is 0.392 e. The molecular formula is C16H27NO3S. The smallest absolute Gasteiger partial charge is 0.240 e. The number of hydrogen-bond donors (Lipinski definition) is 2. The van der Waals surface area contributed by atoms with Crippen molar-refractivity contribution in [2.24, 2.45) is 11.3 Å². The molecule has 0 saturated carbocycles. The van der Waals surface area contributed by atoms with Gasteiger partial charge in [-0.05, 0) is 47.9 Å². The zero-order valence-electron chi connectivity index (χ0n) is 13.8. The van der Waals surface area contributed by atoms with Crippen LogP contribution in [0.15, 0.2) is 17.0 Å². The predicted molar refractivity (Wildman–Crippen MR) is 85.6 cm³/mol. The molecule has 1 aromatic carbocycles. The lowest BCUT2D eigenvalue weighted by Crippen LogP contribution is -2.37. The number of aryl methyl sites for hydroxylation is 2. The van der Waals surface area contributed by atoms with E-state index in [9.17, 15) is 13.5 Å². The van der Waals surface area contributed by atoms with Crippen LogP contribution in [0.4, 0.5) is 0 Å². The van der Waals surface area contributed by atoms with Crippen LogP contribution >= 0.6 is 0 Å². The number of benzene rings is 1. The Morgan fingerprint density at radius 3 is 2.24 bits per heavy atom. The van der Waals surface area contributed by atoms with Crippen molar-refractivity contribution in [2.75, 3.05) is 6.54 Å². The molecule has 1 aromatic rings. The van der Waals surface area contributed by atoms with Crippen molar-refractivity contribution in [3.63, 3.8) is 0 Å². The van der Waals surface area contributed by atoms with Crippen LogP contribution in [0.2, 0.25) is 0 Å². The van der Waals surface area contributed by atoms with Crippen molar-refractivity contribution in [1.82, 2.24) is 4.72 Å². The van der Waals surface area contributed by atoms with Crippen molar-refractivity contribution < 1.29 is 13.5 Å². The monoisotopic (exact) mass is 313 g/mol. The van der Waals surface area contributed by atoms with Crippen molar-refractivity contribution in [3.8, 4) is 0 Å². The Bertz CT molecular complexity index is 604. The molecule has 0 aliphatic heterocycles. The number of rotatable bonds is 6. The molecule has 120 valence electrons. The van der Waals surface area contributed by atoms with Crippen LogP contribution in [0, 0.1) is 25.2 Å². The summed E-state index contributed by atoms with van der Waals surface area (Å²) in [6.07, 6.45) is 0. The van der Waals surface area contributed by atoms with Gasteiger partial charge in [0.2, 0.25) is 10.0 Å². The molecule has 4 nitrogen and oxygen atoms in total. The predicted octanol–water partition coefficient (Wildman–Crippen LogP) is 2.76. The molecule has 0 radical (unpaired) electrons. The summed E-state index contributed by atoms with van der Waals surface area (Å²) in [6.45, 7) is 12.1. The van der Waals surface area contributed by atoms with Crippen molar-refractivity contribution >= 4 is 10.0 Å². The molecule has 1 rings (SSSR count). The molecule has 0 bridgehead atoms. The van der Waals surface area contributed by atoms with Crippen LogP contribution < -0.4 is 4.72 Å². The van der Waals surface area contributed by atoms with E-state index in [0.717, 1.165) is 5.56 Å². The maximum Gasteiger partial charge on any atom is 0.240 e. The van der Waals surface area contributed by atoms with Gasteiger partial charge >= 0.3 is 0 Å². The summed E-state index contributed by atoms with van der Waals surface area (Å²) in [6, 6.07) is 3.36. The minimum atomic E-state index is -3.57. The van der Waals surface area contributed by atoms with Crippen LogP contribution in [0.25, 0.3) is 0 Å². The Morgan fingerprint density at radius 1 is 1.19 bits per heavy atom. The third-order valence-electron chi connectivity index (χ3n) is 4.37. The molecule has 0 aliphatic carbocycles. The molecule has 0 amide bonds. The normalized spacial score (nSPS) is 13.0. The van der Waals surface area contributed by atoms with Gasteiger partial charge < -0.3 is 5.11 Å². The summed E-state index contributed by atoms with van der Waals surface area (Å²) in [5.41, 5.74) is 2.12. The van der Waals surface area contributed by atoms with Crippen LogP contribution in [0.5, 0.6) is 0 Å². The highest BCUT2D eigenvalue weighted by Gasteiger charge is 2.26. The van der Waals surface area contributed by atoms with Gasteiger partial charge in [0.25, 0.3) is 0 Å². The first-order valence-electron chi connectivity index (χ1n) is 7.22. The minimum Gasteiger partial charge on any atom is -0.392 e. The van der Waals surface area contributed by atoms with Crippen LogP contribution in [-0.4, -0.2) is 20.1 Å². The summed E-state index contributed by atoms with van der Waals surface area (Å²) in [4.78, 5) is 0.247. The molecule has 0 saturated heterocycles. The minimum absolute atomic E-state index is 0.120. The van der Waals surface area contributed by atoms with E-state index in [4.69, 9.17) is 0 Å². The van der Waals surface area contributed by atoms with Crippen molar-refractivity contribution in [2.45, 2.75) is 53.0 Å². The number of hydrogen-bond acceptors (Lipinski definition) is 3. The lowest BCUT2D eigenvalue weighted by Gasteiger charge is -2.29. The standard InChI is InChI=1S/C16H27NO3S/c1-11(2)16(5,6)10-17-21(19,20)15-8-14(9-18)12(3)7-13(15)4/h7-8,11,17-18H,9-10H2,1-6H3. The summed E-state index contributed by atoms with van der Waals surface area (Å²) in [7, 11) is -3.57. The third-order valence-corrected chi connectivity index (χ3v) is 5.92. The molecular weight excluding hydrogens is 286 g/mol. The van der Waals surface area contributed by atoms with Gasteiger partial charge in [-0.2, -0.15) is 0 Å². The Hall–Kier alpha value is -0.910. The summed E-state index contributed by atoms with van der Waals surface area (Å²) < 4.78 is 27.7. The second-order valence-corrected chi connectivity index (χ2v) is 8.41. The Labute approximate surface area is 128 Å². The fourth-order valence-electron chi connectivity index (χ4n) is 1.90. The maximum absolute atomic E-state index is 12.5. The van der Waals surface area contributed by atoms with Gasteiger partial charge in [0.15, 0.2) is 0 Å². The Balaban J connectivity index is 3.09. The molecule has 0 aromatic heterocycles. The fraction of sp³-hybridized carbons (Fsp3) is 0.625. The van der Waals surface area contributed by atoms with E-state index in [0.29, 0.717) is 23.6 Å². The second-order valence-electron chi connectivity index (χ2n) is 6.67. The molecule has 0 atom stereocenters. The average Bonchev–Trinajstić information content (AvgIpc) is 2.36. The molecule has 0 fully saturated rings. The van der Waals surface area contributed by atoms with E-state index in [-0.39, 0.29) is 16.9 Å². The van der Waals surface area contributed by atoms with Gasteiger partial charge in [-0.1, -0.05) is 33.8 Å². The lowest BCUT2D eigenvalue weighted by molar-refractivity contribution is 0.252. The lowest BCUT2D eigenvalue weighted by atomic mass is 9.81. The van der Waals surface area contributed by atoms with Crippen LogP contribution in [0.3, 0.4) is 0 Å². The first kappa shape index (κ1) is 18.1. The van der Waals surface area contributed by atoms with Crippen molar-refractivity contribution in [3.05, 3.63) is 28.8 Å². The molecule has 0 aliphatic rings. The van der Waals surface area contributed by atoms with Crippen LogP contribution in [0.1, 0.15) is 44.4 Å². The Kier molecular flexibility index (Phi) is 5.58. The van der Waals surface area contributed by atoms with Crippen molar-refractivity contribution in [1.29, 1.82) is 0 Å². The molecule has 5 heteroatoms. The number of aliphatic hydroxyl groups excluding tert-OH is 1. The van der Waals surface area contributed by atoms with Crippen LogP contribution in [-0.2, 0) is 16.6 Å². The third kappa shape index (κ3) is 4.28. The van der Waals surface area contributed by atoms with E-state index >= 15 is 0 Å². The van der Waals surface area contributed by atoms with Gasteiger partial charge in [0.05, 0.1) is 11.5 Å². The highest BCUT2D eigenvalue weighted by molar-refractivity contribution is 7.89. The fourth-order valence-corrected chi connectivity index (χ4v) is 3.39. The molecule has 0 heterocycles. The van der Waals surface area contributed by atoms with Gasteiger partial charge in [0, 0.05) is 6.54 Å². The highest BCUT2D eigenvalue weighted by atomic mass is 32.2. The number of aliphatic hydroxyl groups is 1. The average molecular weight is 313 g/mol. The quantitative estimate of drug-likeness (QED) is 0.848. The first-order chi connectivity index (χ1) is 9.51. The van der Waals surface area contributed by atoms with E-state index < -0.39 is 10.0 Å². The molecule has 0 unspecified atom stereocenters. The van der Waals surface area contributed by atoms with E-state index in [1.807, 2.05) is 20.8 Å². The number of nitrogens with one attached hydrogen (secondary N) is 1. The van der Waals surface area contributed by atoms with E-state index in [2.05, 4.69) is 18.6 Å². The molecule has 21 heavy (non-hydrogen) atoms. The zero-order valence-corrected chi connectivity index (χ0v) is 14.6. The van der Waals surface area contributed by atoms with Gasteiger partial charge in [-0.25, -0.2) is 13.1 Å². The van der Waals surface area contributed by atoms with Gasteiger partial charge in [0.1, 0.15) is 0 Å². The second kappa shape index (κ2) is 6.46. The molecule has 0 spiro atoms. The van der Waals surface area contributed by atoms with E-state index in [1.54, 1.807) is 19.1 Å². The summed E-state index contributed by atoms with van der Waals surface area (Å²) in [5, 5.41) is 9.32. The topological polar surface area (TPSA) is 66.4 Å². The van der Waals surface area contributed by atoms with Gasteiger partial charge in [-0.3, -0.25) is 0 Å². The summed E-state index contributed by atoms with van der Waals surface area (Å²) in [5.74, 6) is 0.368. The van der Waals surface area contributed by atoms with E-state index in [1.165, 1.54) is 0 Å². The number of sulfonamides is 1. The zero-order chi connectivity index (χ0) is 16.4. The maximum atomic E-state index is 12.5. The Morgan fingerprint density at radius 2 is 1.76 bits per heavy atom. The first-order valence-corrected chi connectivity index (χ1v) is 8.70. The summed E-state index contributed by atoms with van der Waals surface area (Å²) >= 11 is 0. The van der Waals surface area contributed by atoms with Gasteiger partial charge in [-0.15, -0.1) is 0 Å². The molecule has 2 N–H and O–H groups in total. The SMILES string of the molecule is Cc1cc(C)c(S(=O)(=O)NCC(C)(C)C(C)C)cc1CO.